The molecule has 3 unspecified atom stereocenters. The molecule has 0 heterocycles. The summed E-state index contributed by atoms with van der Waals surface area (Å²) in [6.07, 6.45) is 57.4. The molecule has 0 aromatic carbocycles. The fourth-order valence-electron chi connectivity index (χ4n) is 7.10. The van der Waals surface area contributed by atoms with Gasteiger partial charge in [-0.25, -0.2) is 4.57 Å². The van der Waals surface area contributed by atoms with Crippen LogP contribution in [-0.4, -0.2) is 47.8 Å². The number of amides is 1. The predicted octanol–water partition coefficient (Wildman–Crippen LogP) is 14.5. The standard InChI is InChI=1S/C50H95N2O6P/c1-3-5-7-9-11-13-15-17-19-21-23-24-26-28-30-32-34-36-38-40-42-44-50(54)52-48(47-58-59(55,56)57-46-45-51)49(53)43-41-39-37-35-33-31-29-27-25-22-20-18-16-14-12-10-8-6-4-2/h21,23,25,27,33,35,41,43,48-49,53H,3-20,22,24,26,28-32,34,36-40,42,44-47,51H2,1-2H3,(H,52,54)(H,55,56)/b23-21-,27-25+,35-33+,43-41+. The van der Waals surface area contributed by atoms with E-state index in [0.29, 0.717) is 6.42 Å². The van der Waals surface area contributed by atoms with Crippen LogP contribution in [0.3, 0.4) is 0 Å². The molecule has 0 aromatic rings. The van der Waals surface area contributed by atoms with Crippen molar-refractivity contribution in [3.8, 4) is 0 Å². The Morgan fingerprint density at radius 1 is 0.542 bits per heavy atom. The first-order valence-corrected chi connectivity index (χ1v) is 26.3. The van der Waals surface area contributed by atoms with E-state index in [1.54, 1.807) is 6.08 Å². The Kier molecular flexibility index (Phi) is 44.8. The lowest BCUT2D eigenvalue weighted by atomic mass is 10.0. The van der Waals surface area contributed by atoms with Crippen molar-refractivity contribution in [1.82, 2.24) is 5.32 Å². The van der Waals surface area contributed by atoms with Gasteiger partial charge in [0.1, 0.15) is 0 Å². The molecule has 0 saturated heterocycles. The van der Waals surface area contributed by atoms with E-state index in [-0.39, 0.29) is 25.7 Å². The Hall–Kier alpha value is -1.54. The summed E-state index contributed by atoms with van der Waals surface area (Å²) < 4.78 is 22.2. The van der Waals surface area contributed by atoms with Gasteiger partial charge in [-0.2, -0.15) is 0 Å². The number of carbonyl (C=O) groups excluding carboxylic acids is 1. The number of rotatable bonds is 46. The van der Waals surface area contributed by atoms with E-state index in [2.05, 4.69) is 55.6 Å². The van der Waals surface area contributed by atoms with Crippen molar-refractivity contribution in [2.24, 2.45) is 5.73 Å². The number of phosphoric acid groups is 1. The van der Waals surface area contributed by atoms with E-state index in [4.69, 9.17) is 14.8 Å². The Morgan fingerprint density at radius 2 is 0.898 bits per heavy atom. The highest BCUT2D eigenvalue weighted by atomic mass is 31.2. The van der Waals surface area contributed by atoms with Crippen LogP contribution in [0.2, 0.25) is 0 Å². The third kappa shape index (κ3) is 44.3. The highest BCUT2D eigenvalue weighted by molar-refractivity contribution is 7.47. The summed E-state index contributed by atoms with van der Waals surface area (Å²) in [5.74, 6) is -0.210. The van der Waals surface area contributed by atoms with E-state index in [1.165, 1.54) is 167 Å². The lowest BCUT2D eigenvalue weighted by Crippen LogP contribution is -2.45. The summed E-state index contributed by atoms with van der Waals surface area (Å²) in [4.78, 5) is 22.8. The summed E-state index contributed by atoms with van der Waals surface area (Å²) in [6.45, 7) is 4.12. The lowest BCUT2D eigenvalue weighted by Gasteiger charge is -2.23. The van der Waals surface area contributed by atoms with E-state index < -0.39 is 20.0 Å². The number of phosphoric ester groups is 1. The number of allylic oxidation sites excluding steroid dienone is 7. The smallest absolute Gasteiger partial charge is 0.387 e. The molecule has 0 aliphatic heterocycles. The predicted molar refractivity (Wildman–Crippen MR) is 254 cm³/mol. The molecule has 9 heteroatoms. The van der Waals surface area contributed by atoms with Crippen molar-refractivity contribution in [2.45, 2.75) is 244 Å². The highest BCUT2D eigenvalue weighted by Crippen LogP contribution is 2.43. The normalized spacial score (nSPS) is 14.3. The Balaban J connectivity index is 4.19. The van der Waals surface area contributed by atoms with Crippen LogP contribution in [0, 0.1) is 0 Å². The van der Waals surface area contributed by atoms with Crippen molar-refractivity contribution < 1.29 is 28.4 Å². The van der Waals surface area contributed by atoms with Crippen LogP contribution in [0.1, 0.15) is 232 Å². The Morgan fingerprint density at radius 3 is 1.31 bits per heavy atom. The molecule has 8 nitrogen and oxygen atoms in total. The molecular weight excluding hydrogens is 756 g/mol. The maximum Gasteiger partial charge on any atom is 0.472 e. The number of hydrogen-bond donors (Lipinski definition) is 4. The molecule has 0 rings (SSSR count). The third-order valence-corrected chi connectivity index (χ3v) is 11.8. The second-order valence-corrected chi connectivity index (χ2v) is 18.1. The molecule has 5 N–H and O–H groups in total. The molecule has 0 aromatic heterocycles. The molecule has 59 heavy (non-hydrogen) atoms. The second kappa shape index (κ2) is 46.0. The average Bonchev–Trinajstić information content (AvgIpc) is 3.22. The van der Waals surface area contributed by atoms with Crippen LogP contribution in [0.25, 0.3) is 0 Å². The first-order valence-electron chi connectivity index (χ1n) is 24.8. The van der Waals surface area contributed by atoms with Gasteiger partial charge in [-0.15, -0.1) is 0 Å². The van der Waals surface area contributed by atoms with Gasteiger partial charge < -0.3 is 21.1 Å². The van der Waals surface area contributed by atoms with E-state index >= 15 is 0 Å². The monoisotopic (exact) mass is 851 g/mol. The molecule has 0 bridgehead atoms. The maximum atomic E-state index is 12.8. The molecule has 0 fully saturated rings. The number of nitrogens with one attached hydrogen (secondary N) is 1. The van der Waals surface area contributed by atoms with Crippen LogP contribution in [0.15, 0.2) is 48.6 Å². The van der Waals surface area contributed by atoms with Crippen LogP contribution in [-0.2, 0) is 18.4 Å². The van der Waals surface area contributed by atoms with Crippen molar-refractivity contribution in [1.29, 1.82) is 0 Å². The van der Waals surface area contributed by atoms with Crippen LogP contribution < -0.4 is 11.1 Å². The summed E-state index contributed by atoms with van der Waals surface area (Å²) in [5.41, 5.74) is 5.38. The SMILES string of the molecule is CCCCCCCCCC/C=C\CCCCCCCCCCCC(=O)NC(COP(=O)(O)OCCN)C(O)/C=C/CC/C=C/CC/C=C/CCCCCCCCCCC. The number of carbonyl (C=O) groups is 1. The molecule has 0 spiro atoms. The molecule has 0 aliphatic carbocycles. The van der Waals surface area contributed by atoms with Crippen molar-refractivity contribution in [3.63, 3.8) is 0 Å². The van der Waals surface area contributed by atoms with Gasteiger partial charge in [0.25, 0.3) is 0 Å². The molecule has 0 aliphatic rings. The zero-order valence-corrected chi connectivity index (χ0v) is 39.4. The van der Waals surface area contributed by atoms with Gasteiger partial charge in [-0.1, -0.05) is 204 Å². The minimum absolute atomic E-state index is 0.0707. The highest BCUT2D eigenvalue weighted by Gasteiger charge is 2.26. The lowest BCUT2D eigenvalue weighted by molar-refractivity contribution is -0.123. The van der Waals surface area contributed by atoms with Gasteiger partial charge in [0.05, 0.1) is 25.4 Å². The number of unbranched alkanes of at least 4 members (excludes halogenated alkanes) is 28. The van der Waals surface area contributed by atoms with Crippen LogP contribution >= 0.6 is 7.82 Å². The Labute approximate surface area is 364 Å². The second-order valence-electron chi connectivity index (χ2n) is 16.6. The van der Waals surface area contributed by atoms with Crippen LogP contribution in [0.5, 0.6) is 0 Å². The molecule has 0 saturated carbocycles. The number of aliphatic hydroxyl groups is 1. The van der Waals surface area contributed by atoms with Crippen molar-refractivity contribution >= 4 is 13.7 Å². The fourth-order valence-corrected chi connectivity index (χ4v) is 7.86. The summed E-state index contributed by atoms with van der Waals surface area (Å²) >= 11 is 0. The zero-order valence-electron chi connectivity index (χ0n) is 38.5. The Bertz CT molecular complexity index is 1060. The summed E-state index contributed by atoms with van der Waals surface area (Å²) in [7, 11) is -4.36. The molecule has 3 atom stereocenters. The number of nitrogens with two attached hydrogens (primary N) is 1. The topological polar surface area (TPSA) is 131 Å². The minimum atomic E-state index is -4.36. The molecule has 346 valence electrons. The maximum absolute atomic E-state index is 12.8. The van der Waals surface area contributed by atoms with Gasteiger partial charge in [0, 0.05) is 13.0 Å². The third-order valence-electron chi connectivity index (χ3n) is 10.9. The van der Waals surface area contributed by atoms with Gasteiger partial charge in [0.15, 0.2) is 0 Å². The number of hydrogen-bond acceptors (Lipinski definition) is 6. The minimum Gasteiger partial charge on any atom is -0.387 e. The first-order chi connectivity index (χ1) is 28.9. The largest absolute Gasteiger partial charge is 0.472 e. The average molecular weight is 851 g/mol. The van der Waals surface area contributed by atoms with E-state index in [9.17, 15) is 19.4 Å². The molecular formula is C50H95N2O6P. The molecule has 1 amide bonds. The van der Waals surface area contributed by atoms with Crippen molar-refractivity contribution in [3.05, 3.63) is 48.6 Å². The van der Waals surface area contributed by atoms with E-state index in [0.717, 1.165) is 44.9 Å². The summed E-state index contributed by atoms with van der Waals surface area (Å²) in [5, 5.41) is 13.7. The van der Waals surface area contributed by atoms with E-state index in [1.807, 2.05) is 6.08 Å². The van der Waals surface area contributed by atoms with Crippen LogP contribution in [0.4, 0.5) is 0 Å². The summed E-state index contributed by atoms with van der Waals surface area (Å²) in [6, 6.07) is -0.885. The van der Waals surface area contributed by atoms with Gasteiger partial charge in [0.2, 0.25) is 5.91 Å². The quantitative estimate of drug-likeness (QED) is 0.0272. The fraction of sp³-hybridized carbons (Fsp3) is 0.820. The number of aliphatic hydroxyl groups excluding tert-OH is 1. The van der Waals surface area contributed by atoms with Crippen molar-refractivity contribution in [2.75, 3.05) is 19.8 Å². The van der Waals surface area contributed by atoms with Gasteiger partial charge >= 0.3 is 7.82 Å². The van der Waals surface area contributed by atoms with Gasteiger partial charge in [-0.3, -0.25) is 13.8 Å². The zero-order chi connectivity index (χ0) is 43.2. The van der Waals surface area contributed by atoms with Gasteiger partial charge in [-0.05, 0) is 70.6 Å². The first kappa shape index (κ1) is 57.5. The molecule has 0 radical (unpaired) electrons.